The second-order valence-electron chi connectivity index (χ2n) is 4.59. The fraction of sp³-hybridized carbons (Fsp3) is 0.417. The molecule has 5 heteroatoms. The minimum atomic E-state index is -0.424. The Labute approximate surface area is 105 Å². The SMILES string of the molecule is COc1ccc2c(c1)OC1(C)CC2NC(=S)N1. The molecule has 2 N–H and O–H groups in total. The molecule has 2 heterocycles. The van der Waals surface area contributed by atoms with Crippen molar-refractivity contribution < 1.29 is 9.47 Å². The summed E-state index contributed by atoms with van der Waals surface area (Å²) in [6.45, 7) is 2.01. The van der Waals surface area contributed by atoms with Crippen molar-refractivity contribution in [1.29, 1.82) is 0 Å². The van der Waals surface area contributed by atoms with Gasteiger partial charge in [-0.3, -0.25) is 0 Å². The maximum absolute atomic E-state index is 5.98. The first-order valence-electron chi connectivity index (χ1n) is 5.55. The van der Waals surface area contributed by atoms with Crippen LogP contribution in [0.1, 0.15) is 24.9 Å². The Bertz CT molecular complexity index is 491. The number of fused-ring (bicyclic) bond motifs is 4. The summed E-state index contributed by atoms with van der Waals surface area (Å²) in [7, 11) is 1.65. The summed E-state index contributed by atoms with van der Waals surface area (Å²) < 4.78 is 11.2. The van der Waals surface area contributed by atoms with Crippen molar-refractivity contribution in [2.24, 2.45) is 0 Å². The molecule has 2 unspecified atom stereocenters. The summed E-state index contributed by atoms with van der Waals surface area (Å²) in [5.74, 6) is 1.65. The standard InChI is InChI=1S/C12H14N2O2S/c1-12-6-9(13-11(17)14-12)8-4-3-7(15-2)5-10(8)16-12/h3-5,9H,6H2,1-2H3,(H2,13,14,17). The molecule has 2 aliphatic heterocycles. The van der Waals surface area contributed by atoms with E-state index in [1.54, 1.807) is 7.11 Å². The highest BCUT2D eigenvalue weighted by atomic mass is 32.1. The largest absolute Gasteiger partial charge is 0.497 e. The highest BCUT2D eigenvalue weighted by molar-refractivity contribution is 7.80. The van der Waals surface area contributed by atoms with Crippen LogP contribution in [-0.2, 0) is 0 Å². The van der Waals surface area contributed by atoms with Gasteiger partial charge in [-0.1, -0.05) is 0 Å². The molecular weight excluding hydrogens is 236 g/mol. The number of hydrogen-bond acceptors (Lipinski definition) is 3. The molecule has 0 saturated carbocycles. The molecule has 0 aliphatic carbocycles. The summed E-state index contributed by atoms with van der Waals surface area (Å²) in [5.41, 5.74) is 0.707. The third-order valence-corrected chi connectivity index (χ3v) is 3.43. The van der Waals surface area contributed by atoms with Crippen molar-refractivity contribution in [2.45, 2.75) is 25.1 Å². The average molecular weight is 250 g/mol. The number of rotatable bonds is 1. The predicted molar refractivity (Wildman–Crippen MR) is 68.3 cm³/mol. The van der Waals surface area contributed by atoms with Gasteiger partial charge in [-0.25, -0.2) is 0 Å². The van der Waals surface area contributed by atoms with Gasteiger partial charge in [0.25, 0.3) is 0 Å². The Hall–Kier alpha value is -1.49. The van der Waals surface area contributed by atoms with Crippen molar-refractivity contribution in [2.75, 3.05) is 7.11 Å². The van der Waals surface area contributed by atoms with Crippen LogP contribution in [0, 0.1) is 0 Å². The lowest BCUT2D eigenvalue weighted by atomic mass is 9.92. The molecule has 1 aromatic carbocycles. The number of methoxy groups -OCH3 is 1. The van der Waals surface area contributed by atoms with Crippen LogP contribution in [0.4, 0.5) is 0 Å². The van der Waals surface area contributed by atoms with Crippen LogP contribution >= 0.6 is 12.2 Å². The van der Waals surface area contributed by atoms with Crippen LogP contribution in [-0.4, -0.2) is 17.9 Å². The summed E-state index contributed by atoms with van der Waals surface area (Å²) in [4.78, 5) is 0. The molecular formula is C12H14N2O2S. The maximum atomic E-state index is 5.98. The van der Waals surface area contributed by atoms with Gasteiger partial charge >= 0.3 is 0 Å². The van der Waals surface area contributed by atoms with Gasteiger partial charge in [0.15, 0.2) is 10.8 Å². The molecule has 2 atom stereocenters. The van der Waals surface area contributed by atoms with Crippen molar-refractivity contribution in [1.82, 2.24) is 10.6 Å². The zero-order chi connectivity index (χ0) is 12.0. The number of benzene rings is 1. The van der Waals surface area contributed by atoms with E-state index in [0.717, 1.165) is 23.5 Å². The van der Waals surface area contributed by atoms with Crippen molar-refractivity contribution >= 4 is 17.3 Å². The minimum Gasteiger partial charge on any atom is -0.497 e. The van der Waals surface area contributed by atoms with Crippen molar-refractivity contribution in [3.05, 3.63) is 23.8 Å². The normalized spacial score (nSPS) is 29.5. The Balaban J connectivity index is 2.06. The lowest BCUT2D eigenvalue weighted by Gasteiger charge is -2.45. The van der Waals surface area contributed by atoms with E-state index in [0.29, 0.717) is 5.11 Å². The lowest BCUT2D eigenvalue weighted by molar-refractivity contribution is 0.0248. The van der Waals surface area contributed by atoms with E-state index in [1.165, 1.54) is 0 Å². The van der Waals surface area contributed by atoms with E-state index in [-0.39, 0.29) is 6.04 Å². The molecule has 0 spiro atoms. The van der Waals surface area contributed by atoms with Crippen molar-refractivity contribution in [3.63, 3.8) is 0 Å². The number of ether oxygens (including phenoxy) is 2. The van der Waals surface area contributed by atoms with Gasteiger partial charge in [0.05, 0.1) is 13.2 Å². The summed E-state index contributed by atoms with van der Waals surface area (Å²) in [6, 6.07) is 6.09. The molecule has 0 amide bonds. The van der Waals surface area contributed by atoms with Crippen molar-refractivity contribution in [3.8, 4) is 11.5 Å². The smallest absolute Gasteiger partial charge is 0.181 e. The topological polar surface area (TPSA) is 42.5 Å². The first-order chi connectivity index (χ1) is 8.09. The molecule has 2 bridgehead atoms. The van der Waals surface area contributed by atoms with Gasteiger partial charge in [0.1, 0.15) is 11.5 Å². The molecule has 1 aromatic rings. The van der Waals surface area contributed by atoms with Crippen LogP contribution in [0.2, 0.25) is 0 Å². The fourth-order valence-corrected chi connectivity index (χ4v) is 2.80. The van der Waals surface area contributed by atoms with E-state index >= 15 is 0 Å². The molecule has 4 nitrogen and oxygen atoms in total. The summed E-state index contributed by atoms with van der Waals surface area (Å²) >= 11 is 5.18. The van der Waals surface area contributed by atoms with E-state index in [2.05, 4.69) is 10.6 Å². The summed E-state index contributed by atoms with van der Waals surface area (Å²) in [6.07, 6.45) is 0.854. The number of hydrogen-bond donors (Lipinski definition) is 2. The molecule has 1 fully saturated rings. The van der Waals surface area contributed by atoms with Gasteiger partial charge in [0.2, 0.25) is 0 Å². The zero-order valence-corrected chi connectivity index (χ0v) is 10.6. The first-order valence-corrected chi connectivity index (χ1v) is 5.96. The van der Waals surface area contributed by atoms with Crippen LogP contribution in [0.3, 0.4) is 0 Å². The zero-order valence-electron chi connectivity index (χ0n) is 9.74. The van der Waals surface area contributed by atoms with Gasteiger partial charge in [-0.2, -0.15) is 0 Å². The molecule has 2 aliphatic rings. The molecule has 0 radical (unpaired) electrons. The van der Waals surface area contributed by atoms with Gasteiger partial charge in [-0.05, 0) is 31.3 Å². The van der Waals surface area contributed by atoms with Crippen LogP contribution in [0.15, 0.2) is 18.2 Å². The third kappa shape index (κ3) is 1.70. The molecule has 3 rings (SSSR count). The second kappa shape index (κ2) is 3.50. The third-order valence-electron chi connectivity index (χ3n) is 3.21. The van der Waals surface area contributed by atoms with Gasteiger partial charge in [0, 0.05) is 18.1 Å². The summed E-state index contributed by atoms with van der Waals surface area (Å²) in [5, 5.41) is 7.07. The van der Waals surface area contributed by atoms with Crippen LogP contribution < -0.4 is 20.1 Å². The van der Waals surface area contributed by atoms with Crippen LogP contribution in [0.5, 0.6) is 11.5 Å². The first kappa shape index (κ1) is 10.7. The van der Waals surface area contributed by atoms with Gasteiger partial charge in [-0.15, -0.1) is 0 Å². The minimum absolute atomic E-state index is 0.211. The molecule has 17 heavy (non-hydrogen) atoms. The maximum Gasteiger partial charge on any atom is 0.181 e. The monoisotopic (exact) mass is 250 g/mol. The molecule has 90 valence electrons. The lowest BCUT2D eigenvalue weighted by Crippen LogP contribution is -2.62. The number of nitrogens with one attached hydrogen (secondary N) is 2. The second-order valence-corrected chi connectivity index (χ2v) is 5.00. The number of thiocarbonyl (C=S) groups is 1. The fourth-order valence-electron chi connectivity index (χ4n) is 2.44. The Morgan fingerprint density at radius 1 is 1.53 bits per heavy atom. The van der Waals surface area contributed by atoms with Gasteiger partial charge < -0.3 is 20.1 Å². The van der Waals surface area contributed by atoms with E-state index < -0.39 is 5.72 Å². The van der Waals surface area contributed by atoms with E-state index in [4.69, 9.17) is 21.7 Å². The predicted octanol–water partition coefficient (Wildman–Crippen LogP) is 1.71. The van der Waals surface area contributed by atoms with E-state index in [9.17, 15) is 0 Å². The molecule has 1 saturated heterocycles. The quantitative estimate of drug-likeness (QED) is 0.743. The Morgan fingerprint density at radius 3 is 3.12 bits per heavy atom. The average Bonchev–Trinajstić information content (AvgIpc) is 2.26. The highest BCUT2D eigenvalue weighted by Gasteiger charge is 2.42. The molecule has 0 aromatic heterocycles. The Kier molecular flexibility index (Phi) is 2.19. The Morgan fingerprint density at radius 2 is 2.35 bits per heavy atom. The highest BCUT2D eigenvalue weighted by Crippen LogP contribution is 2.41. The van der Waals surface area contributed by atoms with Crippen LogP contribution in [0.25, 0.3) is 0 Å². The van der Waals surface area contributed by atoms with E-state index in [1.807, 2.05) is 25.1 Å².